The Morgan fingerprint density at radius 3 is 2.69 bits per heavy atom. The number of nitrogens with zero attached hydrogens (tertiary/aromatic N) is 1. The number of benzene rings is 1. The average Bonchev–Trinajstić information content (AvgIpc) is 2.17. The van der Waals surface area contributed by atoms with Crippen LogP contribution in [0.4, 0.5) is 11.4 Å². The molecule has 0 atom stereocenters. The van der Waals surface area contributed by atoms with Gasteiger partial charge in [0.05, 0.1) is 10.7 Å². The van der Waals surface area contributed by atoms with Gasteiger partial charge < -0.3 is 10.6 Å². The van der Waals surface area contributed by atoms with Crippen LogP contribution >= 0.6 is 11.6 Å². The second-order valence-corrected chi connectivity index (χ2v) is 5.24. The van der Waals surface area contributed by atoms with Crippen molar-refractivity contribution in [2.45, 2.75) is 26.2 Å². The summed E-state index contributed by atoms with van der Waals surface area (Å²) in [4.78, 5) is 2.30. The standard InChI is InChI=1S/C13H19ClN2/c1-9-6-12(15)11(14)7-13(9)16(2)8-10-4-3-5-10/h6-7,10H,3-5,8,15H2,1-2H3. The number of hydrogen-bond donors (Lipinski definition) is 1. The van der Waals surface area contributed by atoms with Gasteiger partial charge in [-0.25, -0.2) is 0 Å². The third-order valence-electron chi connectivity index (χ3n) is 3.48. The van der Waals surface area contributed by atoms with Crippen molar-refractivity contribution in [2.75, 3.05) is 24.2 Å². The van der Waals surface area contributed by atoms with E-state index in [4.69, 9.17) is 17.3 Å². The molecule has 2 rings (SSSR count). The van der Waals surface area contributed by atoms with Crippen molar-refractivity contribution >= 4 is 23.0 Å². The number of nitrogen functional groups attached to an aromatic ring is 1. The Bertz CT molecular complexity index is 386. The molecule has 0 spiro atoms. The first-order chi connectivity index (χ1) is 7.58. The number of hydrogen-bond acceptors (Lipinski definition) is 2. The Labute approximate surface area is 102 Å². The van der Waals surface area contributed by atoms with Crippen LogP contribution in [0.2, 0.25) is 5.02 Å². The van der Waals surface area contributed by atoms with Gasteiger partial charge in [0.2, 0.25) is 0 Å². The van der Waals surface area contributed by atoms with Gasteiger partial charge in [-0.05, 0) is 43.4 Å². The normalized spacial score (nSPS) is 15.9. The Balaban J connectivity index is 2.14. The van der Waals surface area contributed by atoms with Gasteiger partial charge in [0.15, 0.2) is 0 Å². The van der Waals surface area contributed by atoms with Gasteiger partial charge in [-0.3, -0.25) is 0 Å². The van der Waals surface area contributed by atoms with Crippen LogP contribution in [0, 0.1) is 12.8 Å². The van der Waals surface area contributed by atoms with Crippen LogP contribution < -0.4 is 10.6 Å². The molecule has 2 N–H and O–H groups in total. The monoisotopic (exact) mass is 238 g/mol. The fourth-order valence-corrected chi connectivity index (χ4v) is 2.42. The van der Waals surface area contributed by atoms with Crippen molar-refractivity contribution < 1.29 is 0 Å². The van der Waals surface area contributed by atoms with Crippen LogP contribution in [0.5, 0.6) is 0 Å². The maximum Gasteiger partial charge on any atom is 0.0656 e. The highest BCUT2D eigenvalue weighted by Crippen LogP contribution is 2.32. The van der Waals surface area contributed by atoms with Crippen molar-refractivity contribution in [3.05, 3.63) is 22.7 Å². The second kappa shape index (κ2) is 4.54. The Kier molecular flexibility index (Phi) is 3.29. The molecule has 1 aromatic rings. The van der Waals surface area contributed by atoms with Gasteiger partial charge in [0.25, 0.3) is 0 Å². The van der Waals surface area contributed by atoms with Gasteiger partial charge in [-0.1, -0.05) is 18.0 Å². The molecule has 2 nitrogen and oxygen atoms in total. The summed E-state index contributed by atoms with van der Waals surface area (Å²) in [7, 11) is 2.13. The maximum atomic E-state index is 6.06. The highest BCUT2D eigenvalue weighted by atomic mass is 35.5. The predicted octanol–water partition coefficient (Wildman–Crippen LogP) is 3.47. The second-order valence-electron chi connectivity index (χ2n) is 4.84. The fraction of sp³-hybridized carbons (Fsp3) is 0.538. The number of halogens is 1. The first kappa shape index (κ1) is 11.6. The first-order valence-corrected chi connectivity index (χ1v) is 6.22. The average molecular weight is 239 g/mol. The molecule has 1 aromatic carbocycles. The molecule has 1 fully saturated rings. The lowest BCUT2D eigenvalue weighted by Crippen LogP contribution is -2.29. The van der Waals surface area contributed by atoms with Crippen molar-refractivity contribution in [1.82, 2.24) is 0 Å². The van der Waals surface area contributed by atoms with Crippen LogP contribution in [0.1, 0.15) is 24.8 Å². The lowest BCUT2D eigenvalue weighted by molar-refractivity contribution is 0.321. The van der Waals surface area contributed by atoms with Crippen molar-refractivity contribution in [3.8, 4) is 0 Å². The lowest BCUT2D eigenvalue weighted by Gasteiger charge is -2.32. The molecule has 0 aromatic heterocycles. The summed E-state index contributed by atoms with van der Waals surface area (Å²) in [6.07, 6.45) is 4.12. The summed E-state index contributed by atoms with van der Waals surface area (Å²) < 4.78 is 0. The summed E-state index contributed by atoms with van der Waals surface area (Å²) in [6, 6.07) is 3.93. The molecule has 1 aliphatic rings. The smallest absolute Gasteiger partial charge is 0.0656 e. The molecule has 0 radical (unpaired) electrons. The van der Waals surface area contributed by atoms with E-state index < -0.39 is 0 Å². The topological polar surface area (TPSA) is 29.3 Å². The van der Waals surface area contributed by atoms with E-state index in [1.807, 2.05) is 12.1 Å². The number of aryl methyl sites for hydroxylation is 1. The van der Waals surface area contributed by atoms with E-state index >= 15 is 0 Å². The van der Waals surface area contributed by atoms with Crippen LogP contribution in [0.15, 0.2) is 12.1 Å². The zero-order chi connectivity index (χ0) is 11.7. The summed E-state index contributed by atoms with van der Waals surface area (Å²) in [5, 5.41) is 0.654. The SMILES string of the molecule is Cc1cc(N)c(Cl)cc1N(C)CC1CCC1. The van der Waals surface area contributed by atoms with Crippen LogP contribution in [-0.4, -0.2) is 13.6 Å². The van der Waals surface area contributed by atoms with E-state index in [0.29, 0.717) is 10.7 Å². The molecular weight excluding hydrogens is 220 g/mol. The lowest BCUT2D eigenvalue weighted by atomic mass is 9.85. The summed E-state index contributed by atoms with van der Waals surface area (Å²) in [5.41, 5.74) is 8.84. The minimum Gasteiger partial charge on any atom is -0.398 e. The zero-order valence-corrected chi connectivity index (χ0v) is 10.7. The first-order valence-electron chi connectivity index (χ1n) is 5.84. The molecule has 88 valence electrons. The fourth-order valence-electron chi connectivity index (χ4n) is 2.27. The minimum absolute atomic E-state index is 0.654. The van der Waals surface area contributed by atoms with Gasteiger partial charge in [-0.15, -0.1) is 0 Å². The van der Waals surface area contributed by atoms with E-state index in [-0.39, 0.29) is 0 Å². The highest BCUT2D eigenvalue weighted by molar-refractivity contribution is 6.33. The molecule has 16 heavy (non-hydrogen) atoms. The minimum atomic E-state index is 0.654. The Morgan fingerprint density at radius 1 is 1.44 bits per heavy atom. The molecule has 0 aliphatic heterocycles. The maximum absolute atomic E-state index is 6.06. The van der Waals surface area contributed by atoms with Gasteiger partial charge in [0, 0.05) is 19.3 Å². The van der Waals surface area contributed by atoms with Gasteiger partial charge >= 0.3 is 0 Å². The van der Waals surface area contributed by atoms with Crippen molar-refractivity contribution in [1.29, 1.82) is 0 Å². The van der Waals surface area contributed by atoms with E-state index in [2.05, 4.69) is 18.9 Å². The summed E-state index contributed by atoms with van der Waals surface area (Å²) >= 11 is 6.06. The quantitative estimate of drug-likeness (QED) is 0.818. The molecule has 0 unspecified atom stereocenters. The third-order valence-corrected chi connectivity index (χ3v) is 3.81. The molecule has 1 saturated carbocycles. The third kappa shape index (κ3) is 2.27. The van der Waals surface area contributed by atoms with Crippen LogP contribution in [0.3, 0.4) is 0 Å². The summed E-state index contributed by atoms with van der Waals surface area (Å²) in [5.74, 6) is 0.862. The number of nitrogens with two attached hydrogens (primary N) is 1. The number of rotatable bonds is 3. The molecule has 0 heterocycles. The van der Waals surface area contributed by atoms with Gasteiger partial charge in [-0.2, -0.15) is 0 Å². The van der Waals surface area contributed by atoms with Crippen LogP contribution in [-0.2, 0) is 0 Å². The molecule has 1 aliphatic carbocycles. The van der Waals surface area contributed by atoms with E-state index in [1.54, 1.807) is 0 Å². The molecular formula is C13H19ClN2. The van der Waals surface area contributed by atoms with E-state index in [0.717, 1.165) is 12.5 Å². The Hall–Kier alpha value is -0.890. The molecule has 3 heteroatoms. The van der Waals surface area contributed by atoms with Gasteiger partial charge in [0.1, 0.15) is 0 Å². The highest BCUT2D eigenvalue weighted by Gasteiger charge is 2.20. The molecule has 0 bridgehead atoms. The van der Waals surface area contributed by atoms with Crippen molar-refractivity contribution in [2.24, 2.45) is 5.92 Å². The van der Waals surface area contributed by atoms with Crippen LogP contribution in [0.25, 0.3) is 0 Å². The van der Waals surface area contributed by atoms with E-state index in [9.17, 15) is 0 Å². The molecule has 0 saturated heterocycles. The Morgan fingerprint density at radius 2 is 2.12 bits per heavy atom. The van der Waals surface area contributed by atoms with E-state index in [1.165, 1.54) is 30.5 Å². The zero-order valence-electron chi connectivity index (χ0n) is 9.96. The van der Waals surface area contributed by atoms with Crippen molar-refractivity contribution in [3.63, 3.8) is 0 Å². The number of anilines is 2. The summed E-state index contributed by atoms with van der Waals surface area (Å²) in [6.45, 7) is 3.21. The largest absolute Gasteiger partial charge is 0.398 e. The molecule has 0 amide bonds. The predicted molar refractivity (Wildman–Crippen MR) is 71.2 cm³/mol.